The molecular formula is C24H28O6. The summed E-state index contributed by atoms with van der Waals surface area (Å²) in [5.41, 5.74) is 1.77. The number of aliphatic hydroxyl groups is 1. The van der Waals surface area contributed by atoms with Crippen LogP contribution in [0.25, 0.3) is 5.57 Å². The maximum Gasteiger partial charge on any atom is 0.201 e. The highest BCUT2D eigenvalue weighted by Crippen LogP contribution is 2.38. The van der Waals surface area contributed by atoms with Crippen molar-refractivity contribution in [2.75, 3.05) is 19.8 Å². The fourth-order valence-electron chi connectivity index (χ4n) is 3.73. The van der Waals surface area contributed by atoms with Crippen molar-refractivity contribution in [1.82, 2.24) is 0 Å². The van der Waals surface area contributed by atoms with E-state index in [0.29, 0.717) is 23.9 Å². The third-order valence-electron chi connectivity index (χ3n) is 5.46. The molecule has 30 heavy (non-hydrogen) atoms. The smallest absolute Gasteiger partial charge is 0.201 e. The first-order valence-electron chi connectivity index (χ1n) is 10.5. The average Bonchev–Trinajstić information content (AvgIpc) is 2.80. The highest BCUT2D eigenvalue weighted by Gasteiger charge is 2.41. The van der Waals surface area contributed by atoms with Gasteiger partial charge in [0.1, 0.15) is 30.0 Å². The van der Waals surface area contributed by atoms with Crippen LogP contribution < -0.4 is 9.47 Å². The summed E-state index contributed by atoms with van der Waals surface area (Å²) in [5.74, 6) is 1.54. The predicted octanol–water partition coefficient (Wildman–Crippen LogP) is 4.87. The zero-order chi connectivity index (χ0) is 20.8. The number of benzene rings is 2. The van der Waals surface area contributed by atoms with Crippen LogP contribution in [0.5, 0.6) is 17.2 Å². The zero-order valence-corrected chi connectivity index (χ0v) is 17.0. The van der Waals surface area contributed by atoms with E-state index in [0.717, 1.165) is 36.8 Å². The third kappa shape index (κ3) is 5.02. The molecule has 1 heterocycles. The molecule has 1 N–H and O–H groups in total. The fraction of sp³-hybridized carbons (Fsp3) is 0.417. The van der Waals surface area contributed by atoms with Gasteiger partial charge in [-0.2, -0.15) is 0 Å². The summed E-state index contributed by atoms with van der Waals surface area (Å²) >= 11 is 0. The van der Waals surface area contributed by atoms with Gasteiger partial charge in [0.15, 0.2) is 0 Å². The maximum absolute atomic E-state index is 8.80. The number of ether oxygens (including phenoxy) is 3. The molecule has 6 heteroatoms. The molecule has 1 spiro atoms. The molecule has 2 aliphatic rings. The lowest BCUT2D eigenvalue weighted by Crippen LogP contribution is -2.46. The molecule has 1 unspecified atom stereocenters. The van der Waals surface area contributed by atoms with Gasteiger partial charge >= 0.3 is 0 Å². The Kier molecular flexibility index (Phi) is 6.69. The molecule has 1 atom stereocenters. The molecule has 2 fully saturated rings. The maximum atomic E-state index is 8.80. The minimum absolute atomic E-state index is 0.0130. The van der Waals surface area contributed by atoms with Gasteiger partial charge in [0.2, 0.25) is 5.79 Å². The Balaban J connectivity index is 1.31. The van der Waals surface area contributed by atoms with Crippen LogP contribution in [-0.2, 0) is 14.5 Å². The molecule has 4 rings (SSSR count). The van der Waals surface area contributed by atoms with Crippen LogP contribution in [-0.4, -0.2) is 36.8 Å². The summed E-state index contributed by atoms with van der Waals surface area (Å²) in [6.45, 7) is 4.88. The molecule has 6 nitrogen and oxygen atoms in total. The van der Waals surface area contributed by atoms with E-state index in [4.69, 9.17) is 29.1 Å². The van der Waals surface area contributed by atoms with Crippen LogP contribution >= 0.6 is 0 Å². The lowest BCUT2D eigenvalue weighted by molar-refractivity contribution is -0.483. The van der Waals surface area contributed by atoms with Crippen molar-refractivity contribution in [3.63, 3.8) is 0 Å². The van der Waals surface area contributed by atoms with Gasteiger partial charge in [-0.25, -0.2) is 9.78 Å². The van der Waals surface area contributed by atoms with Gasteiger partial charge in [-0.15, -0.1) is 0 Å². The second kappa shape index (κ2) is 9.62. The second-order valence-corrected chi connectivity index (χ2v) is 7.65. The molecule has 160 valence electrons. The Bertz CT molecular complexity index is 814. The largest absolute Gasteiger partial charge is 0.491 e. The molecule has 2 aromatic carbocycles. The summed E-state index contributed by atoms with van der Waals surface area (Å²) in [6.07, 6.45) is 4.87. The van der Waals surface area contributed by atoms with Gasteiger partial charge in [0.25, 0.3) is 0 Å². The van der Waals surface area contributed by atoms with Crippen LogP contribution in [0.3, 0.4) is 0 Å². The molecule has 0 radical (unpaired) electrons. The van der Waals surface area contributed by atoms with E-state index in [1.165, 1.54) is 6.42 Å². The van der Waals surface area contributed by atoms with Gasteiger partial charge in [-0.1, -0.05) is 25.1 Å². The first-order valence-corrected chi connectivity index (χ1v) is 10.5. The lowest BCUT2D eigenvalue weighted by Gasteiger charge is -2.41. The SMILES string of the molecule is C=C(c1ccc(Oc2ccc(OCCO)cc2)cc1)C1COC2(CCCCC2)OO1. The van der Waals surface area contributed by atoms with Crippen LogP contribution in [0.4, 0.5) is 0 Å². The third-order valence-corrected chi connectivity index (χ3v) is 5.46. The van der Waals surface area contributed by atoms with E-state index in [9.17, 15) is 0 Å². The Labute approximate surface area is 176 Å². The van der Waals surface area contributed by atoms with Crippen molar-refractivity contribution >= 4 is 5.57 Å². The first kappa shape index (κ1) is 20.9. The molecule has 0 amide bonds. The molecule has 1 aliphatic carbocycles. The quantitative estimate of drug-likeness (QED) is 0.655. The highest BCUT2D eigenvalue weighted by atomic mass is 17.2. The van der Waals surface area contributed by atoms with E-state index in [1.807, 2.05) is 36.4 Å². The summed E-state index contributed by atoms with van der Waals surface area (Å²) in [6, 6.07) is 14.9. The van der Waals surface area contributed by atoms with Crippen LogP contribution in [0, 0.1) is 0 Å². The van der Waals surface area contributed by atoms with Crippen molar-refractivity contribution < 1.29 is 29.1 Å². The van der Waals surface area contributed by atoms with Gasteiger partial charge < -0.3 is 19.3 Å². The monoisotopic (exact) mass is 412 g/mol. The van der Waals surface area contributed by atoms with Crippen LogP contribution in [0.1, 0.15) is 37.7 Å². The number of aliphatic hydroxyl groups excluding tert-OH is 1. The van der Waals surface area contributed by atoms with Crippen LogP contribution in [0.15, 0.2) is 55.1 Å². The highest BCUT2D eigenvalue weighted by molar-refractivity contribution is 5.67. The van der Waals surface area contributed by atoms with Crippen molar-refractivity contribution in [2.24, 2.45) is 0 Å². The molecule has 2 aromatic rings. The molecule has 0 aromatic heterocycles. The van der Waals surface area contributed by atoms with E-state index >= 15 is 0 Å². The Hall–Kier alpha value is -2.38. The van der Waals surface area contributed by atoms with Gasteiger partial charge in [-0.3, -0.25) is 0 Å². The Morgan fingerprint density at radius 2 is 1.60 bits per heavy atom. The number of hydrogen-bond acceptors (Lipinski definition) is 6. The minimum Gasteiger partial charge on any atom is -0.491 e. The molecule has 1 aliphatic heterocycles. The standard InChI is InChI=1S/C24H28O6/c1-18(23-17-27-24(30-29-23)13-3-2-4-14-24)19-5-7-21(8-6-19)28-22-11-9-20(10-12-22)26-16-15-25/h5-12,23,25H,1-4,13-17H2. The first-order chi connectivity index (χ1) is 14.7. The number of rotatable bonds is 7. The van der Waals surface area contributed by atoms with Gasteiger partial charge in [0, 0.05) is 12.8 Å². The van der Waals surface area contributed by atoms with Gasteiger partial charge in [-0.05, 0) is 60.4 Å². The summed E-state index contributed by atoms with van der Waals surface area (Å²) in [4.78, 5) is 11.3. The van der Waals surface area contributed by atoms with Crippen molar-refractivity contribution in [1.29, 1.82) is 0 Å². The minimum atomic E-state index is -0.564. The average molecular weight is 412 g/mol. The van der Waals surface area contributed by atoms with E-state index in [-0.39, 0.29) is 19.3 Å². The van der Waals surface area contributed by atoms with Crippen molar-refractivity contribution in [3.05, 3.63) is 60.7 Å². The van der Waals surface area contributed by atoms with E-state index < -0.39 is 5.79 Å². The van der Waals surface area contributed by atoms with Gasteiger partial charge in [0.05, 0.1) is 13.2 Å². The van der Waals surface area contributed by atoms with E-state index in [2.05, 4.69) is 6.58 Å². The Morgan fingerprint density at radius 3 is 2.20 bits per heavy atom. The van der Waals surface area contributed by atoms with E-state index in [1.54, 1.807) is 12.1 Å². The predicted molar refractivity (Wildman–Crippen MR) is 112 cm³/mol. The number of hydrogen-bond donors (Lipinski definition) is 1. The summed E-state index contributed by atoms with van der Waals surface area (Å²) in [7, 11) is 0. The second-order valence-electron chi connectivity index (χ2n) is 7.65. The molecular weight excluding hydrogens is 384 g/mol. The normalized spacial score (nSPS) is 20.6. The Morgan fingerprint density at radius 1 is 0.967 bits per heavy atom. The molecule has 0 bridgehead atoms. The van der Waals surface area contributed by atoms with Crippen LogP contribution in [0.2, 0.25) is 0 Å². The fourth-order valence-corrected chi connectivity index (χ4v) is 3.73. The van der Waals surface area contributed by atoms with Crippen molar-refractivity contribution in [3.8, 4) is 17.2 Å². The zero-order valence-electron chi connectivity index (χ0n) is 17.0. The molecule has 1 saturated carbocycles. The summed E-state index contributed by atoms with van der Waals surface area (Å²) < 4.78 is 17.3. The lowest BCUT2D eigenvalue weighted by atomic mass is 9.94. The molecule has 1 saturated heterocycles. The van der Waals surface area contributed by atoms with Crippen molar-refractivity contribution in [2.45, 2.75) is 44.0 Å². The summed E-state index contributed by atoms with van der Waals surface area (Å²) in [5, 5.41) is 8.80. The topological polar surface area (TPSA) is 66.4 Å².